The van der Waals surface area contributed by atoms with Crippen molar-refractivity contribution in [2.24, 2.45) is 5.41 Å². The molecular weight excluding hydrogens is 543 g/mol. The monoisotopic (exact) mass is 582 g/mol. The van der Waals surface area contributed by atoms with Crippen molar-refractivity contribution in [1.82, 2.24) is 25.3 Å². The van der Waals surface area contributed by atoms with E-state index in [1.54, 1.807) is 18.0 Å². The Morgan fingerprint density at radius 2 is 1.95 bits per heavy atom. The van der Waals surface area contributed by atoms with Crippen LogP contribution in [0.5, 0.6) is 5.75 Å². The number of aryl methyl sites for hydroxylation is 2. The van der Waals surface area contributed by atoms with Gasteiger partial charge in [-0.1, -0.05) is 5.16 Å². The number of anilines is 1. The number of amides is 1. The second kappa shape index (κ2) is 12.2. The first-order valence-corrected chi connectivity index (χ1v) is 14.4. The quantitative estimate of drug-likeness (QED) is 0.384. The number of likely N-dealkylation sites (N-methyl/N-ethyl adjacent to an activating group) is 1. The van der Waals surface area contributed by atoms with E-state index >= 15 is 4.39 Å². The lowest BCUT2D eigenvalue weighted by molar-refractivity contribution is 0.0549. The van der Waals surface area contributed by atoms with Gasteiger partial charge in [0, 0.05) is 43.7 Å². The highest BCUT2D eigenvalue weighted by Gasteiger charge is 2.47. The zero-order chi connectivity index (χ0) is 30.0. The molecule has 11 nitrogen and oxygen atoms in total. The third-order valence-corrected chi connectivity index (χ3v) is 8.15. The van der Waals surface area contributed by atoms with Crippen molar-refractivity contribution in [1.29, 1.82) is 0 Å². The maximum absolute atomic E-state index is 15.3. The molecule has 0 bridgehead atoms. The number of aliphatic hydroxyl groups is 1. The maximum Gasteiger partial charge on any atom is 0.409 e. The number of rotatable bonds is 9. The van der Waals surface area contributed by atoms with Crippen LogP contribution in [-0.4, -0.2) is 90.3 Å². The molecule has 0 unspecified atom stereocenters. The molecule has 1 spiro atoms. The molecule has 2 N–H and O–H groups in total. The van der Waals surface area contributed by atoms with Crippen molar-refractivity contribution in [3.05, 3.63) is 41.0 Å². The number of aromatic nitrogens is 3. The molecule has 2 fully saturated rings. The summed E-state index contributed by atoms with van der Waals surface area (Å²) in [6.07, 6.45) is 0.792. The first-order chi connectivity index (χ1) is 20.1. The van der Waals surface area contributed by atoms with Crippen LogP contribution in [0.15, 0.2) is 22.7 Å². The van der Waals surface area contributed by atoms with Crippen LogP contribution >= 0.6 is 0 Å². The number of halogens is 1. The largest absolute Gasteiger partial charge is 0.491 e. The summed E-state index contributed by atoms with van der Waals surface area (Å²) in [5.74, 6) is 1.49. The number of carbonyl (C=O) groups is 1. The molecular formula is C30H39FN6O5. The Hall–Kier alpha value is -3.77. The molecule has 2 aliphatic heterocycles. The van der Waals surface area contributed by atoms with Crippen molar-refractivity contribution in [3.63, 3.8) is 0 Å². The summed E-state index contributed by atoms with van der Waals surface area (Å²) in [6.45, 7) is 11.1. The number of nitrogens with one attached hydrogen (secondary N) is 1. The summed E-state index contributed by atoms with van der Waals surface area (Å²) in [5.41, 5.74) is 3.22. The molecule has 1 atom stereocenters. The van der Waals surface area contributed by atoms with E-state index in [1.807, 2.05) is 27.7 Å². The molecule has 5 rings (SSSR count). The Morgan fingerprint density at radius 3 is 2.60 bits per heavy atom. The van der Waals surface area contributed by atoms with Crippen LogP contribution in [0.2, 0.25) is 0 Å². The number of likely N-dealkylation sites (tertiary alicyclic amines) is 1. The Morgan fingerprint density at radius 1 is 1.21 bits per heavy atom. The second-order valence-corrected chi connectivity index (χ2v) is 11.2. The normalized spacial score (nSPS) is 16.8. The zero-order valence-corrected chi connectivity index (χ0v) is 24.9. The predicted molar refractivity (Wildman–Crippen MR) is 155 cm³/mol. The van der Waals surface area contributed by atoms with Crippen molar-refractivity contribution in [2.75, 3.05) is 57.9 Å². The lowest BCUT2D eigenvalue weighted by Crippen LogP contribution is -2.61. The minimum atomic E-state index is -0.709. The third-order valence-electron chi connectivity index (χ3n) is 8.15. The molecule has 2 aliphatic rings. The summed E-state index contributed by atoms with van der Waals surface area (Å²) in [6, 6.07) is 4.41. The first-order valence-electron chi connectivity index (χ1n) is 14.4. The summed E-state index contributed by atoms with van der Waals surface area (Å²) in [7, 11) is 1.74. The van der Waals surface area contributed by atoms with E-state index in [1.165, 1.54) is 12.1 Å². The molecule has 1 amide bonds. The van der Waals surface area contributed by atoms with Gasteiger partial charge >= 0.3 is 6.09 Å². The smallest absolute Gasteiger partial charge is 0.409 e. The number of hydrogen-bond donors (Lipinski definition) is 2. The minimum absolute atomic E-state index is 0.0553. The third kappa shape index (κ3) is 5.91. The fourth-order valence-corrected chi connectivity index (χ4v) is 5.86. The summed E-state index contributed by atoms with van der Waals surface area (Å²) in [4.78, 5) is 25.9. The minimum Gasteiger partial charge on any atom is -0.491 e. The highest BCUT2D eigenvalue weighted by Crippen LogP contribution is 2.45. The van der Waals surface area contributed by atoms with E-state index in [0.29, 0.717) is 49.1 Å². The second-order valence-electron chi connectivity index (χ2n) is 11.2. The zero-order valence-electron chi connectivity index (χ0n) is 24.9. The predicted octanol–water partition coefficient (Wildman–Crippen LogP) is 3.88. The molecule has 2 aromatic heterocycles. The van der Waals surface area contributed by atoms with Gasteiger partial charge in [-0.15, -0.1) is 0 Å². The highest BCUT2D eigenvalue weighted by molar-refractivity contribution is 5.75. The summed E-state index contributed by atoms with van der Waals surface area (Å²) >= 11 is 0. The Balaban J connectivity index is 1.46. The lowest BCUT2D eigenvalue weighted by Gasteiger charge is -2.54. The lowest BCUT2D eigenvalue weighted by atomic mass is 9.72. The molecule has 42 heavy (non-hydrogen) atoms. The fourth-order valence-electron chi connectivity index (χ4n) is 5.86. The van der Waals surface area contributed by atoms with Gasteiger partial charge in [0.25, 0.3) is 0 Å². The number of aliphatic hydroxyl groups excluding tert-OH is 1. The van der Waals surface area contributed by atoms with Crippen LogP contribution in [0.1, 0.15) is 36.8 Å². The molecule has 0 saturated carbocycles. The number of carbonyl (C=O) groups excluding carboxylic acids is 1. The van der Waals surface area contributed by atoms with Crippen LogP contribution in [0, 0.1) is 32.0 Å². The molecule has 0 aliphatic carbocycles. The Labute approximate surface area is 245 Å². The van der Waals surface area contributed by atoms with Crippen LogP contribution in [0.3, 0.4) is 0 Å². The molecule has 1 aromatic carbocycles. The van der Waals surface area contributed by atoms with Gasteiger partial charge in [0.15, 0.2) is 5.82 Å². The summed E-state index contributed by atoms with van der Waals surface area (Å²) < 4.78 is 31.7. The Bertz CT molecular complexity index is 1410. The number of piperidine rings is 1. The van der Waals surface area contributed by atoms with Crippen LogP contribution in [0.4, 0.5) is 15.0 Å². The number of ether oxygens (including phenoxy) is 2. The first kappa shape index (κ1) is 29.7. The number of benzene rings is 1. The van der Waals surface area contributed by atoms with Gasteiger partial charge in [0.05, 0.1) is 29.1 Å². The molecule has 0 radical (unpaired) electrons. The average molecular weight is 583 g/mol. The maximum atomic E-state index is 15.3. The van der Waals surface area contributed by atoms with E-state index in [-0.39, 0.29) is 29.5 Å². The van der Waals surface area contributed by atoms with E-state index in [0.717, 1.165) is 42.9 Å². The number of hydrogen-bond acceptors (Lipinski definition) is 10. The van der Waals surface area contributed by atoms with Crippen molar-refractivity contribution < 1.29 is 28.3 Å². The van der Waals surface area contributed by atoms with E-state index < -0.39 is 11.9 Å². The molecule has 226 valence electrons. The molecule has 4 heterocycles. The topological polar surface area (TPSA) is 126 Å². The van der Waals surface area contributed by atoms with Gasteiger partial charge in [0.1, 0.15) is 35.9 Å². The van der Waals surface area contributed by atoms with E-state index in [2.05, 4.69) is 15.4 Å². The molecule has 2 saturated heterocycles. The van der Waals surface area contributed by atoms with Crippen LogP contribution < -0.4 is 15.0 Å². The van der Waals surface area contributed by atoms with Gasteiger partial charge in [0.2, 0.25) is 0 Å². The van der Waals surface area contributed by atoms with Crippen LogP contribution in [0.25, 0.3) is 22.6 Å². The van der Waals surface area contributed by atoms with Crippen molar-refractivity contribution in [3.8, 4) is 28.4 Å². The molecule has 3 aromatic rings. The molecule has 12 heteroatoms. The highest BCUT2D eigenvalue weighted by atomic mass is 19.1. The average Bonchev–Trinajstić information content (AvgIpc) is 3.29. The number of nitrogens with zero attached hydrogens (tertiary/aromatic N) is 5. The van der Waals surface area contributed by atoms with Gasteiger partial charge in [-0.2, -0.15) is 0 Å². The van der Waals surface area contributed by atoms with Crippen molar-refractivity contribution >= 4 is 11.9 Å². The van der Waals surface area contributed by atoms with Gasteiger partial charge in [-0.05, 0) is 65.8 Å². The van der Waals surface area contributed by atoms with Gasteiger partial charge in [-0.25, -0.2) is 19.2 Å². The SMILES string of the molecule is CCOC(=O)N1CCC2(CC1)CN(c1nc(-c3cc(OC[C@H](O)CNC)ccc3F)nc(-c3c(C)noc3C)c1C)C2. The van der Waals surface area contributed by atoms with Crippen molar-refractivity contribution in [2.45, 2.75) is 46.6 Å². The van der Waals surface area contributed by atoms with E-state index in [9.17, 15) is 9.90 Å². The fraction of sp³-hybridized carbons (Fsp3) is 0.533. The van der Waals surface area contributed by atoms with Gasteiger partial charge in [-0.3, -0.25) is 0 Å². The summed E-state index contributed by atoms with van der Waals surface area (Å²) in [5, 5.41) is 17.1. The standard InChI is InChI=1S/C30H39FN6O5/c1-6-40-29(39)36-11-9-30(10-12-36)16-37(17-30)28-18(2)26(25-19(3)35-42-20(25)4)33-27(34-28)23-13-22(7-8-24(23)31)41-15-21(38)14-32-5/h7-8,13,21,32,38H,6,9-12,14-17H2,1-5H3/t21-/m1/s1. The Kier molecular flexibility index (Phi) is 8.65. The van der Waals surface area contributed by atoms with E-state index in [4.69, 9.17) is 24.0 Å². The van der Waals surface area contributed by atoms with Crippen LogP contribution in [-0.2, 0) is 4.74 Å². The van der Waals surface area contributed by atoms with Gasteiger partial charge < -0.3 is 34.2 Å².